The molecule has 26 heavy (non-hydrogen) atoms. The Hall–Kier alpha value is -2.61. The van der Waals surface area contributed by atoms with Crippen LogP contribution in [0.3, 0.4) is 0 Å². The highest BCUT2D eigenvalue weighted by molar-refractivity contribution is 6.31. The topological polar surface area (TPSA) is 59.6 Å². The Morgan fingerprint density at radius 2 is 1.77 bits per heavy atom. The van der Waals surface area contributed by atoms with Gasteiger partial charge in [-0.15, -0.1) is 0 Å². The molecule has 0 aliphatic rings. The van der Waals surface area contributed by atoms with E-state index in [2.05, 4.69) is 10.6 Å². The lowest BCUT2D eigenvalue weighted by atomic mass is 10.2. The first-order chi connectivity index (χ1) is 12.3. The standard InChI is InChI=1S/C17H16ClF3N2O3/c1-2-25-14-5-3-4-6-15(14)26-10-22-16(24)23-11-7-8-13(18)12(9-11)17(19,20)21/h3-9H,2,10H2,1H3,(H2,22,23,24). The smallest absolute Gasteiger partial charge is 0.417 e. The molecule has 2 rings (SSSR count). The van der Waals surface area contributed by atoms with E-state index in [0.29, 0.717) is 18.1 Å². The normalized spacial score (nSPS) is 11.0. The Balaban J connectivity index is 1.92. The van der Waals surface area contributed by atoms with Crippen LogP contribution in [0.25, 0.3) is 0 Å². The number of alkyl halides is 3. The molecule has 2 amide bonds. The zero-order chi connectivity index (χ0) is 19.2. The van der Waals surface area contributed by atoms with Crippen molar-refractivity contribution < 1.29 is 27.4 Å². The molecule has 0 saturated carbocycles. The van der Waals surface area contributed by atoms with Crippen LogP contribution in [0.15, 0.2) is 42.5 Å². The summed E-state index contributed by atoms with van der Waals surface area (Å²) in [4.78, 5) is 11.8. The molecular formula is C17H16ClF3N2O3. The zero-order valence-electron chi connectivity index (χ0n) is 13.7. The van der Waals surface area contributed by atoms with Gasteiger partial charge in [0.1, 0.15) is 0 Å². The van der Waals surface area contributed by atoms with Crippen molar-refractivity contribution in [1.29, 1.82) is 0 Å². The highest BCUT2D eigenvalue weighted by Crippen LogP contribution is 2.36. The van der Waals surface area contributed by atoms with Gasteiger partial charge in [-0.05, 0) is 37.3 Å². The Morgan fingerprint density at radius 3 is 2.38 bits per heavy atom. The maximum absolute atomic E-state index is 12.8. The second kappa shape index (κ2) is 8.66. The highest BCUT2D eigenvalue weighted by Gasteiger charge is 2.33. The summed E-state index contributed by atoms with van der Waals surface area (Å²) >= 11 is 5.53. The SMILES string of the molecule is CCOc1ccccc1OCNC(=O)Nc1ccc(Cl)c(C(F)(F)F)c1. The van der Waals surface area contributed by atoms with E-state index in [-0.39, 0.29) is 12.4 Å². The minimum Gasteiger partial charge on any atom is -0.490 e. The van der Waals surface area contributed by atoms with Gasteiger partial charge in [-0.25, -0.2) is 4.79 Å². The number of para-hydroxylation sites is 2. The summed E-state index contributed by atoms with van der Waals surface area (Å²) in [5.41, 5.74) is -1.08. The van der Waals surface area contributed by atoms with Gasteiger partial charge < -0.3 is 20.1 Å². The fourth-order valence-corrected chi connectivity index (χ4v) is 2.24. The number of carbonyl (C=O) groups is 1. The van der Waals surface area contributed by atoms with Crippen LogP contribution < -0.4 is 20.1 Å². The molecule has 0 heterocycles. The minimum atomic E-state index is -4.61. The fourth-order valence-electron chi connectivity index (χ4n) is 2.02. The van der Waals surface area contributed by atoms with Crippen molar-refractivity contribution in [2.75, 3.05) is 18.7 Å². The monoisotopic (exact) mass is 388 g/mol. The first-order valence-corrected chi connectivity index (χ1v) is 7.95. The van der Waals surface area contributed by atoms with Crippen molar-refractivity contribution in [2.45, 2.75) is 13.1 Å². The van der Waals surface area contributed by atoms with Gasteiger partial charge in [0.2, 0.25) is 0 Å². The second-order valence-electron chi connectivity index (χ2n) is 4.99. The van der Waals surface area contributed by atoms with Crippen LogP contribution in [0.2, 0.25) is 5.02 Å². The van der Waals surface area contributed by atoms with Crippen LogP contribution in [0.1, 0.15) is 12.5 Å². The van der Waals surface area contributed by atoms with Crippen LogP contribution >= 0.6 is 11.6 Å². The molecule has 0 saturated heterocycles. The highest BCUT2D eigenvalue weighted by atomic mass is 35.5. The summed E-state index contributed by atoms with van der Waals surface area (Å²) in [6.07, 6.45) is -4.61. The van der Waals surface area contributed by atoms with Crippen molar-refractivity contribution in [3.8, 4) is 11.5 Å². The number of urea groups is 1. The molecule has 140 valence electrons. The Bertz CT molecular complexity index is 769. The number of hydrogen-bond donors (Lipinski definition) is 2. The second-order valence-corrected chi connectivity index (χ2v) is 5.40. The van der Waals surface area contributed by atoms with Crippen LogP contribution in [0, 0.1) is 0 Å². The third-order valence-corrected chi connectivity index (χ3v) is 3.47. The number of nitrogens with one attached hydrogen (secondary N) is 2. The molecule has 0 spiro atoms. The third-order valence-electron chi connectivity index (χ3n) is 3.14. The molecule has 0 bridgehead atoms. The zero-order valence-corrected chi connectivity index (χ0v) is 14.4. The number of ether oxygens (including phenoxy) is 2. The molecule has 2 aromatic rings. The lowest BCUT2D eigenvalue weighted by Gasteiger charge is -2.14. The number of benzene rings is 2. The van der Waals surface area contributed by atoms with Gasteiger partial charge in [-0.3, -0.25) is 0 Å². The summed E-state index contributed by atoms with van der Waals surface area (Å²) < 4.78 is 49.2. The molecule has 0 aromatic heterocycles. The van der Waals surface area contributed by atoms with Gasteiger partial charge in [0.15, 0.2) is 18.2 Å². The Kier molecular flexibility index (Phi) is 6.57. The van der Waals surface area contributed by atoms with Crippen molar-refractivity contribution in [3.05, 3.63) is 53.1 Å². The van der Waals surface area contributed by atoms with Crippen molar-refractivity contribution in [1.82, 2.24) is 5.32 Å². The third kappa shape index (κ3) is 5.45. The van der Waals surface area contributed by atoms with Gasteiger partial charge in [0.05, 0.1) is 17.2 Å². The molecule has 2 aromatic carbocycles. The summed E-state index contributed by atoms with van der Waals surface area (Å²) in [6, 6.07) is 9.25. The van der Waals surface area contributed by atoms with E-state index in [1.54, 1.807) is 24.3 Å². The lowest BCUT2D eigenvalue weighted by molar-refractivity contribution is -0.137. The number of amides is 2. The summed E-state index contributed by atoms with van der Waals surface area (Å²) in [7, 11) is 0. The molecule has 2 N–H and O–H groups in total. The van der Waals surface area contributed by atoms with Crippen LogP contribution in [0.5, 0.6) is 11.5 Å². The molecule has 0 aliphatic carbocycles. The minimum absolute atomic E-state index is 0.0473. The molecule has 0 fully saturated rings. The fraction of sp³-hybridized carbons (Fsp3) is 0.235. The maximum atomic E-state index is 12.8. The molecular weight excluding hydrogens is 373 g/mol. The summed E-state index contributed by atoms with van der Waals surface area (Å²) in [5.74, 6) is 0.949. The van der Waals surface area contributed by atoms with Crippen molar-refractivity contribution in [3.63, 3.8) is 0 Å². The Labute approximate surface area is 153 Å². The Morgan fingerprint density at radius 1 is 1.12 bits per heavy atom. The van der Waals surface area contributed by atoms with Crippen molar-refractivity contribution >= 4 is 23.3 Å². The predicted molar refractivity (Wildman–Crippen MR) is 91.7 cm³/mol. The average molecular weight is 389 g/mol. The van der Waals surface area contributed by atoms with E-state index in [4.69, 9.17) is 21.1 Å². The molecule has 0 unspecified atom stereocenters. The van der Waals surface area contributed by atoms with E-state index >= 15 is 0 Å². The lowest BCUT2D eigenvalue weighted by Crippen LogP contribution is -2.32. The number of anilines is 1. The van der Waals surface area contributed by atoms with Gasteiger partial charge in [-0.2, -0.15) is 13.2 Å². The number of carbonyl (C=O) groups excluding carboxylic acids is 1. The summed E-state index contributed by atoms with van der Waals surface area (Å²) in [6.45, 7) is 2.08. The number of hydrogen-bond acceptors (Lipinski definition) is 3. The quantitative estimate of drug-likeness (QED) is 0.691. The van der Waals surface area contributed by atoms with Gasteiger partial charge >= 0.3 is 12.2 Å². The van der Waals surface area contributed by atoms with Crippen LogP contribution in [-0.4, -0.2) is 19.4 Å². The van der Waals surface area contributed by atoms with E-state index in [9.17, 15) is 18.0 Å². The molecule has 0 radical (unpaired) electrons. The van der Waals surface area contributed by atoms with E-state index < -0.39 is 22.8 Å². The molecule has 0 aliphatic heterocycles. The predicted octanol–water partition coefficient (Wildman–Crippen LogP) is 4.92. The first-order valence-electron chi connectivity index (χ1n) is 7.57. The van der Waals surface area contributed by atoms with Gasteiger partial charge in [0, 0.05) is 5.69 Å². The average Bonchev–Trinajstić information content (AvgIpc) is 2.57. The van der Waals surface area contributed by atoms with Crippen LogP contribution in [-0.2, 0) is 6.18 Å². The molecule has 9 heteroatoms. The van der Waals surface area contributed by atoms with E-state index in [0.717, 1.165) is 12.1 Å². The molecule has 5 nitrogen and oxygen atoms in total. The molecule has 0 atom stereocenters. The largest absolute Gasteiger partial charge is 0.490 e. The van der Waals surface area contributed by atoms with E-state index in [1.165, 1.54) is 6.07 Å². The first kappa shape index (κ1) is 19.7. The van der Waals surface area contributed by atoms with Crippen LogP contribution in [0.4, 0.5) is 23.7 Å². The van der Waals surface area contributed by atoms with Crippen molar-refractivity contribution in [2.24, 2.45) is 0 Å². The van der Waals surface area contributed by atoms with Gasteiger partial charge in [-0.1, -0.05) is 23.7 Å². The van der Waals surface area contributed by atoms with E-state index in [1.807, 2.05) is 6.92 Å². The van der Waals surface area contributed by atoms with Gasteiger partial charge in [0.25, 0.3) is 0 Å². The maximum Gasteiger partial charge on any atom is 0.417 e. The number of rotatable bonds is 6. The summed E-state index contributed by atoms with van der Waals surface area (Å²) in [5, 5.41) is 4.22. The number of halogens is 4.